The molecule has 0 aromatic heterocycles. The second-order valence-electron chi connectivity index (χ2n) is 4.51. The van der Waals surface area contributed by atoms with Crippen LogP contribution in [-0.4, -0.2) is 29.7 Å². The Morgan fingerprint density at radius 3 is 3.00 bits per heavy atom. The van der Waals surface area contributed by atoms with E-state index in [9.17, 15) is 4.79 Å². The number of hydrogen-bond acceptors (Lipinski definition) is 4. The molecule has 1 saturated heterocycles. The SMILES string of the molecule is N/C(=C\NC1CN[C@H](C(=O)O)C1)c1cccc(Br)c1. The Hall–Kier alpha value is -1.53. The van der Waals surface area contributed by atoms with Crippen molar-refractivity contribution in [3.63, 3.8) is 0 Å². The number of hydrogen-bond donors (Lipinski definition) is 4. The van der Waals surface area contributed by atoms with Gasteiger partial charge in [-0.2, -0.15) is 0 Å². The lowest BCUT2D eigenvalue weighted by Crippen LogP contribution is -2.30. The van der Waals surface area contributed by atoms with Crippen LogP contribution in [-0.2, 0) is 4.79 Å². The molecule has 1 aromatic carbocycles. The van der Waals surface area contributed by atoms with Crippen LogP contribution in [0.2, 0.25) is 0 Å². The molecule has 0 bridgehead atoms. The number of carboxylic acid groups (broad SMARTS) is 1. The Morgan fingerprint density at radius 2 is 2.37 bits per heavy atom. The first-order valence-electron chi connectivity index (χ1n) is 6.00. The van der Waals surface area contributed by atoms with Crippen LogP contribution >= 0.6 is 15.9 Å². The van der Waals surface area contributed by atoms with Gasteiger partial charge in [0.2, 0.25) is 0 Å². The molecular formula is C13H16BrN3O2. The van der Waals surface area contributed by atoms with Crippen molar-refractivity contribution in [1.29, 1.82) is 0 Å². The lowest BCUT2D eigenvalue weighted by atomic mass is 10.1. The van der Waals surface area contributed by atoms with Crippen LogP contribution in [0.3, 0.4) is 0 Å². The van der Waals surface area contributed by atoms with E-state index in [0.29, 0.717) is 18.7 Å². The van der Waals surface area contributed by atoms with E-state index in [-0.39, 0.29) is 6.04 Å². The molecule has 19 heavy (non-hydrogen) atoms. The quantitative estimate of drug-likeness (QED) is 0.666. The van der Waals surface area contributed by atoms with Crippen LogP contribution in [0.1, 0.15) is 12.0 Å². The fraction of sp³-hybridized carbons (Fsp3) is 0.308. The van der Waals surface area contributed by atoms with Crippen molar-refractivity contribution >= 4 is 27.6 Å². The Morgan fingerprint density at radius 1 is 1.58 bits per heavy atom. The molecule has 0 saturated carbocycles. The summed E-state index contributed by atoms with van der Waals surface area (Å²) in [5.41, 5.74) is 7.52. The predicted molar refractivity (Wildman–Crippen MR) is 77.3 cm³/mol. The minimum absolute atomic E-state index is 0.0896. The largest absolute Gasteiger partial charge is 0.480 e. The fourth-order valence-corrected chi connectivity index (χ4v) is 2.41. The van der Waals surface area contributed by atoms with E-state index in [4.69, 9.17) is 10.8 Å². The summed E-state index contributed by atoms with van der Waals surface area (Å²) in [4.78, 5) is 10.8. The van der Waals surface area contributed by atoms with Crippen molar-refractivity contribution in [3.05, 3.63) is 40.5 Å². The van der Waals surface area contributed by atoms with E-state index in [1.807, 2.05) is 24.3 Å². The molecule has 1 heterocycles. The van der Waals surface area contributed by atoms with Crippen molar-refractivity contribution in [2.45, 2.75) is 18.5 Å². The topological polar surface area (TPSA) is 87.4 Å². The van der Waals surface area contributed by atoms with E-state index in [1.165, 1.54) is 0 Å². The molecule has 0 amide bonds. The second-order valence-corrected chi connectivity index (χ2v) is 5.42. The van der Waals surface area contributed by atoms with Gasteiger partial charge in [-0.15, -0.1) is 0 Å². The molecule has 0 radical (unpaired) electrons. The molecule has 6 heteroatoms. The highest BCUT2D eigenvalue weighted by molar-refractivity contribution is 9.10. The van der Waals surface area contributed by atoms with Gasteiger partial charge >= 0.3 is 5.97 Å². The monoisotopic (exact) mass is 325 g/mol. The second kappa shape index (κ2) is 6.08. The summed E-state index contributed by atoms with van der Waals surface area (Å²) >= 11 is 3.39. The standard InChI is InChI=1S/C13H16BrN3O2/c14-9-3-1-2-8(4-9)11(15)7-16-10-5-12(13(18)19)17-6-10/h1-4,7,10,12,16-17H,5-6,15H2,(H,18,19)/b11-7-/t10?,12-/m0/s1. The molecule has 2 atom stereocenters. The molecule has 0 spiro atoms. The molecule has 1 aromatic rings. The Kier molecular flexibility index (Phi) is 4.44. The van der Waals surface area contributed by atoms with Gasteiger partial charge in [-0.1, -0.05) is 28.1 Å². The average Bonchev–Trinajstić information content (AvgIpc) is 2.85. The summed E-state index contributed by atoms with van der Waals surface area (Å²) in [5.74, 6) is -0.812. The molecule has 1 unspecified atom stereocenters. The van der Waals surface area contributed by atoms with E-state index in [0.717, 1.165) is 10.0 Å². The average molecular weight is 326 g/mol. The molecule has 1 fully saturated rings. The maximum absolute atomic E-state index is 10.8. The molecule has 0 aliphatic carbocycles. The van der Waals surface area contributed by atoms with Crippen molar-refractivity contribution in [2.24, 2.45) is 5.73 Å². The first-order chi connectivity index (χ1) is 9.06. The van der Waals surface area contributed by atoms with E-state index in [1.54, 1.807) is 6.20 Å². The lowest BCUT2D eigenvalue weighted by Gasteiger charge is -2.10. The van der Waals surface area contributed by atoms with Gasteiger partial charge in [0.15, 0.2) is 0 Å². The van der Waals surface area contributed by atoms with Crippen LogP contribution in [0.25, 0.3) is 5.70 Å². The van der Waals surface area contributed by atoms with Crippen LogP contribution in [0.5, 0.6) is 0 Å². The Labute approximate surface area is 120 Å². The molecule has 1 aliphatic rings. The van der Waals surface area contributed by atoms with Gasteiger partial charge in [0.1, 0.15) is 6.04 Å². The minimum Gasteiger partial charge on any atom is -0.480 e. The summed E-state index contributed by atoms with van der Waals surface area (Å²) in [6, 6.07) is 7.32. The van der Waals surface area contributed by atoms with Gasteiger partial charge in [0.25, 0.3) is 0 Å². The summed E-state index contributed by atoms with van der Waals surface area (Å²) in [6.45, 7) is 0.624. The zero-order valence-corrected chi connectivity index (χ0v) is 11.9. The van der Waals surface area contributed by atoms with Gasteiger partial charge in [0, 0.05) is 23.3 Å². The van der Waals surface area contributed by atoms with E-state index >= 15 is 0 Å². The summed E-state index contributed by atoms with van der Waals surface area (Å²) < 4.78 is 0.967. The number of nitrogens with two attached hydrogens (primary N) is 1. The van der Waals surface area contributed by atoms with E-state index in [2.05, 4.69) is 26.6 Å². The van der Waals surface area contributed by atoms with Crippen molar-refractivity contribution in [3.8, 4) is 0 Å². The Bertz CT molecular complexity index is 504. The third-order valence-corrected chi connectivity index (χ3v) is 3.55. The highest BCUT2D eigenvalue weighted by Gasteiger charge is 2.28. The predicted octanol–water partition coefficient (Wildman–Crippen LogP) is 1.11. The molecule has 5 nitrogen and oxygen atoms in total. The number of aliphatic carboxylic acids is 1. The first kappa shape index (κ1) is 13.9. The van der Waals surface area contributed by atoms with E-state index < -0.39 is 12.0 Å². The minimum atomic E-state index is -0.812. The van der Waals surface area contributed by atoms with Crippen LogP contribution in [0, 0.1) is 0 Å². The zero-order chi connectivity index (χ0) is 13.8. The molecule has 1 aliphatic heterocycles. The number of halogens is 1. The first-order valence-corrected chi connectivity index (χ1v) is 6.79. The number of nitrogens with one attached hydrogen (secondary N) is 2. The van der Waals surface area contributed by atoms with Crippen molar-refractivity contribution in [1.82, 2.24) is 10.6 Å². The smallest absolute Gasteiger partial charge is 0.320 e. The van der Waals surface area contributed by atoms with Crippen molar-refractivity contribution < 1.29 is 9.90 Å². The van der Waals surface area contributed by atoms with Crippen molar-refractivity contribution in [2.75, 3.05) is 6.54 Å². The zero-order valence-electron chi connectivity index (χ0n) is 10.3. The molecule has 5 N–H and O–H groups in total. The number of carbonyl (C=O) groups is 1. The third kappa shape index (κ3) is 3.71. The normalized spacial score (nSPS) is 23.3. The van der Waals surface area contributed by atoms with Gasteiger partial charge in [0.05, 0.1) is 5.70 Å². The van der Waals surface area contributed by atoms with Gasteiger partial charge in [-0.3, -0.25) is 4.79 Å². The number of benzene rings is 1. The molecule has 102 valence electrons. The maximum atomic E-state index is 10.8. The highest BCUT2D eigenvalue weighted by atomic mass is 79.9. The maximum Gasteiger partial charge on any atom is 0.320 e. The van der Waals surface area contributed by atoms with Crippen LogP contribution in [0.4, 0.5) is 0 Å². The Balaban J connectivity index is 1.94. The molecule has 2 rings (SSSR count). The number of carboxylic acids is 1. The van der Waals surface area contributed by atoms with Crippen LogP contribution < -0.4 is 16.4 Å². The van der Waals surface area contributed by atoms with Gasteiger partial charge in [-0.05, 0) is 24.1 Å². The lowest BCUT2D eigenvalue weighted by molar-refractivity contribution is -0.139. The highest BCUT2D eigenvalue weighted by Crippen LogP contribution is 2.16. The third-order valence-electron chi connectivity index (χ3n) is 3.06. The summed E-state index contributed by atoms with van der Waals surface area (Å²) in [5, 5.41) is 15.0. The summed E-state index contributed by atoms with van der Waals surface area (Å²) in [6.07, 6.45) is 2.29. The van der Waals surface area contributed by atoms with Crippen LogP contribution in [0.15, 0.2) is 34.9 Å². The fourth-order valence-electron chi connectivity index (χ4n) is 2.01. The number of rotatable bonds is 4. The van der Waals surface area contributed by atoms with Gasteiger partial charge in [-0.25, -0.2) is 0 Å². The molecular weight excluding hydrogens is 310 g/mol. The summed E-state index contributed by atoms with van der Waals surface area (Å²) in [7, 11) is 0. The van der Waals surface area contributed by atoms with Gasteiger partial charge < -0.3 is 21.5 Å².